The molecule has 0 saturated heterocycles. The highest BCUT2D eigenvalue weighted by Crippen LogP contribution is 2.51. The molecule has 1 amide bonds. The summed E-state index contributed by atoms with van der Waals surface area (Å²) in [5, 5.41) is 0. The van der Waals surface area contributed by atoms with Crippen molar-refractivity contribution in [3.8, 4) is 5.75 Å². The molecule has 1 saturated carbocycles. The number of rotatable bonds is 3. The minimum atomic E-state index is -0.268. The topological polar surface area (TPSA) is 29.5 Å². The van der Waals surface area contributed by atoms with Crippen LogP contribution in [0.3, 0.4) is 0 Å². The summed E-state index contributed by atoms with van der Waals surface area (Å²) in [6.07, 6.45) is 4.27. The van der Waals surface area contributed by atoms with Crippen LogP contribution in [-0.2, 0) is 16.8 Å². The number of aryl methyl sites for hydroxylation is 1. The van der Waals surface area contributed by atoms with E-state index in [1.54, 1.807) is 7.11 Å². The Morgan fingerprint density at radius 3 is 2.46 bits per heavy atom. The predicted molar refractivity (Wildman–Crippen MR) is 95.5 cm³/mol. The Morgan fingerprint density at radius 2 is 1.79 bits per heavy atom. The molecule has 2 aromatic rings. The van der Waals surface area contributed by atoms with Gasteiger partial charge in [-0.15, -0.1) is 0 Å². The predicted octanol–water partition coefficient (Wildman–Crippen LogP) is 4.36. The molecule has 4 rings (SSSR count). The van der Waals surface area contributed by atoms with E-state index in [-0.39, 0.29) is 11.3 Å². The summed E-state index contributed by atoms with van der Waals surface area (Å²) < 4.78 is 5.23. The monoisotopic (exact) mass is 321 g/mol. The number of amides is 1. The van der Waals surface area contributed by atoms with Crippen LogP contribution in [0.4, 0.5) is 5.69 Å². The highest BCUT2D eigenvalue weighted by atomic mass is 16.5. The van der Waals surface area contributed by atoms with Gasteiger partial charge in [0.05, 0.1) is 19.1 Å². The minimum Gasteiger partial charge on any atom is -0.497 e. The number of carbonyl (C=O) groups excluding carboxylic acids is 1. The second kappa shape index (κ2) is 5.66. The third-order valence-electron chi connectivity index (χ3n) is 5.57. The molecule has 0 N–H and O–H groups in total. The van der Waals surface area contributed by atoms with Gasteiger partial charge in [-0.05, 0) is 54.7 Å². The molecule has 1 aliphatic heterocycles. The Bertz CT molecular complexity index is 773. The Labute approximate surface area is 143 Å². The van der Waals surface area contributed by atoms with Crippen LogP contribution in [0.15, 0.2) is 42.5 Å². The Hall–Kier alpha value is -2.29. The molecule has 3 nitrogen and oxygen atoms in total. The van der Waals surface area contributed by atoms with E-state index in [0.717, 1.165) is 42.7 Å². The standard InChI is InChI=1S/C21H23NO2/c1-15-5-10-18-19(13-15)22(20(23)21(18)11-3-4-12-21)14-16-6-8-17(24-2)9-7-16/h5-10,13H,3-4,11-12,14H2,1-2H3. The van der Waals surface area contributed by atoms with Crippen LogP contribution < -0.4 is 9.64 Å². The van der Waals surface area contributed by atoms with Gasteiger partial charge in [0.25, 0.3) is 0 Å². The van der Waals surface area contributed by atoms with Gasteiger partial charge in [-0.1, -0.05) is 37.1 Å². The fourth-order valence-electron chi connectivity index (χ4n) is 4.28. The summed E-state index contributed by atoms with van der Waals surface area (Å²) in [5.41, 5.74) is 4.42. The first-order valence-corrected chi connectivity index (χ1v) is 8.70. The summed E-state index contributed by atoms with van der Waals surface area (Å²) in [7, 11) is 1.67. The number of benzene rings is 2. The molecular formula is C21H23NO2. The van der Waals surface area contributed by atoms with Crippen molar-refractivity contribution < 1.29 is 9.53 Å². The van der Waals surface area contributed by atoms with Crippen molar-refractivity contribution in [2.24, 2.45) is 0 Å². The summed E-state index contributed by atoms with van der Waals surface area (Å²) >= 11 is 0. The molecule has 2 aliphatic rings. The summed E-state index contributed by atoms with van der Waals surface area (Å²) in [6, 6.07) is 14.5. The molecule has 0 atom stereocenters. The lowest BCUT2D eigenvalue weighted by atomic mass is 9.80. The third-order valence-corrected chi connectivity index (χ3v) is 5.57. The Balaban J connectivity index is 1.72. The zero-order valence-electron chi connectivity index (χ0n) is 14.3. The SMILES string of the molecule is COc1ccc(CN2C(=O)C3(CCCC3)c3ccc(C)cc32)cc1. The molecule has 0 aromatic heterocycles. The van der Waals surface area contributed by atoms with Crippen LogP contribution in [0.1, 0.15) is 42.4 Å². The van der Waals surface area contributed by atoms with E-state index in [2.05, 4.69) is 25.1 Å². The number of fused-ring (bicyclic) bond motifs is 2. The van der Waals surface area contributed by atoms with Gasteiger partial charge in [-0.3, -0.25) is 4.79 Å². The molecule has 3 heteroatoms. The molecule has 1 fully saturated rings. The van der Waals surface area contributed by atoms with Gasteiger partial charge < -0.3 is 9.64 Å². The van der Waals surface area contributed by atoms with Gasteiger partial charge in [-0.25, -0.2) is 0 Å². The average Bonchev–Trinajstić information content (AvgIpc) is 3.17. The summed E-state index contributed by atoms with van der Waals surface area (Å²) in [6.45, 7) is 2.72. The van der Waals surface area contributed by atoms with E-state index in [0.29, 0.717) is 6.54 Å². The first kappa shape index (κ1) is 15.3. The molecule has 24 heavy (non-hydrogen) atoms. The minimum absolute atomic E-state index is 0.268. The fourth-order valence-corrected chi connectivity index (χ4v) is 4.28. The van der Waals surface area contributed by atoms with E-state index in [4.69, 9.17) is 4.74 Å². The van der Waals surface area contributed by atoms with E-state index in [1.807, 2.05) is 29.2 Å². The summed E-state index contributed by atoms with van der Waals surface area (Å²) in [4.78, 5) is 15.3. The zero-order chi connectivity index (χ0) is 16.7. The van der Waals surface area contributed by atoms with Crippen molar-refractivity contribution >= 4 is 11.6 Å². The molecule has 1 spiro atoms. The maximum atomic E-state index is 13.3. The number of carbonyl (C=O) groups is 1. The normalized spacial score (nSPS) is 18.2. The van der Waals surface area contributed by atoms with Gasteiger partial charge in [0, 0.05) is 5.69 Å². The Kier molecular flexibility index (Phi) is 3.60. The van der Waals surface area contributed by atoms with E-state index in [9.17, 15) is 4.79 Å². The number of hydrogen-bond donors (Lipinski definition) is 0. The molecule has 0 radical (unpaired) electrons. The van der Waals surface area contributed by atoms with E-state index >= 15 is 0 Å². The maximum absolute atomic E-state index is 13.3. The van der Waals surface area contributed by atoms with Crippen LogP contribution in [-0.4, -0.2) is 13.0 Å². The van der Waals surface area contributed by atoms with Crippen molar-refractivity contribution in [3.05, 3.63) is 59.2 Å². The first-order chi connectivity index (χ1) is 11.6. The summed E-state index contributed by atoms with van der Waals surface area (Å²) in [5.74, 6) is 1.13. The second-order valence-electron chi connectivity index (χ2n) is 7.05. The van der Waals surface area contributed by atoms with E-state index < -0.39 is 0 Å². The lowest BCUT2D eigenvalue weighted by molar-refractivity contribution is -0.123. The van der Waals surface area contributed by atoms with E-state index in [1.165, 1.54) is 11.1 Å². The number of ether oxygens (including phenoxy) is 1. The van der Waals surface area contributed by atoms with Gasteiger partial charge in [-0.2, -0.15) is 0 Å². The van der Waals surface area contributed by atoms with Crippen LogP contribution in [0.5, 0.6) is 5.75 Å². The van der Waals surface area contributed by atoms with Crippen LogP contribution in [0.2, 0.25) is 0 Å². The molecule has 0 bridgehead atoms. The van der Waals surface area contributed by atoms with Gasteiger partial charge in [0.2, 0.25) is 5.91 Å². The highest BCUT2D eigenvalue weighted by molar-refractivity contribution is 6.08. The lowest BCUT2D eigenvalue weighted by Gasteiger charge is -2.23. The zero-order valence-corrected chi connectivity index (χ0v) is 14.3. The molecule has 1 aliphatic carbocycles. The lowest BCUT2D eigenvalue weighted by Crippen LogP contribution is -2.38. The van der Waals surface area contributed by atoms with Crippen LogP contribution >= 0.6 is 0 Å². The van der Waals surface area contributed by atoms with Crippen LogP contribution in [0.25, 0.3) is 0 Å². The van der Waals surface area contributed by atoms with Gasteiger partial charge in [0.15, 0.2) is 0 Å². The van der Waals surface area contributed by atoms with Crippen molar-refractivity contribution in [2.75, 3.05) is 12.0 Å². The number of hydrogen-bond acceptors (Lipinski definition) is 2. The number of anilines is 1. The third kappa shape index (κ3) is 2.22. The molecule has 124 valence electrons. The molecule has 1 heterocycles. The number of methoxy groups -OCH3 is 1. The van der Waals surface area contributed by atoms with Crippen molar-refractivity contribution in [1.82, 2.24) is 0 Å². The first-order valence-electron chi connectivity index (χ1n) is 8.70. The quantitative estimate of drug-likeness (QED) is 0.840. The van der Waals surface area contributed by atoms with Crippen LogP contribution in [0, 0.1) is 6.92 Å². The smallest absolute Gasteiger partial charge is 0.238 e. The van der Waals surface area contributed by atoms with Crippen molar-refractivity contribution in [3.63, 3.8) is 0 Å². The van der Waals surface area contributed by atoms with Gasteiger partial charge >= 0.3 is 0 Å². The average molecular weight is 321 g/mol. The molecular weight excluding hydrogens is 298 g/mol. The highest BCUT2D eigenvalue weighted by Gasteiger charge is 2.51. The van der Waals surface area contributed by atoms with Crippen molar-refractivity contribution in [2.45, 2.75) is 44.6 Å². The maximum Gasteiger partial charge on any atom is 0.238 e. The van der Waals surface area contributed by atoms with Crippen molar-refractivity contribution in [1.29, 1.82) is 0 Å². The molecule has 2 aromatic carbocycles. The number of nitrogens with zero attached hydrogens (tertiary/aromatic N) is 1. The molecule has 0 unspecified atom stereocenters. The fraction of sp³-hybridized carbons (Fsp3) is 0.381. The van der Waals surface area contributed by atoms with Gasteiger partial charge in [0.1, 0.15) is 5.75 Å². The largest absolute Gasteiger partial charge is 0.497 e. The second-order valence-corrected chi connectivity index (χ2v) is 7.05. The Morgan fingerprint density at radius 1 is 1.08 bits per heavy atom.